The molecule has 0 radical (unpaired) electrons. The maximum atomic E-state index is 12.6. The molecule has 7 heteroatoms. The second-order valence-corrected chi connectivity index (χ2v) is 7.14. The fourth-order valence-electron chi connectivity index (χ4n) is 3.66. The van der Waals surface area contributed by atoms with Crippen molar-refractivity contribution in [2.45, 2.75) is 26.7 Å². The maximum Gasteiger partial charge on any atom is 0.270 e. The van der Waals surface area contributed by atoms with Crippen molar-refractivity contribution in [3.63, 3.8) is 0 Å². The first-order chi connectivity index (χ1) is 13.0. The Hall–Kier alpha value is -2.96. The highest BCUT2D eigenvalue weighted by atomic mass is 16.2. The predicted octanol–water partition coefficient (Wildman–Crippen LogP) is 1.77. The first kappa shape index (κ1) is 17.5. The van der Waals surface area contributed by atoms with Crippen LogP contribution in [0.15, 0.2) is 29.4 Å². The van der Waals surface area contributed by atoms with Gasteiger partial charge in [0.25, 0.3) is 5.91 Å². The number of carbonyl (C=O) groups is 2. The summed E-state index contributed by atoms with van der Waals surface area (Å²) >= 11 is 0. The van der Waals surface area contributed by atoms with Crippen LogP contribution in [0.1, 0.15) is 24.0 Å². The van der Waals surface area contributed by atoms with Gasteiger partial charge in [0.1, 0.15) is 11.5 Å². The van der Waals surface area contributed by atoms with Gasteiger partial charge in [-0.2, -0.15) is 5.10 Å². The van der Waals surface area contributed by atoms with Crippen LogP contribution in [-0.2, 0) is 9.59 Å². The minimum atomic E-state index is -0.135. The van der Waals surface area contributed by atoms with Crippen LogP contribution in [0, 0.1) is 13.8 Å². The standard InChI is InChI=1S/C20H23N5O2/c1-13-4-3-5-15-14(2)12-17(21-19(13)15)24-8-10-25(11-9-24)20(27)16-6-7-18(26)23-22-16/h3-5,12H,6-11H2,1-2H3,(H,23,26). The number of aryl methyl sites for hydroxylation is 2. The van der Waals surface area contributed by atoms with Crippen LogP contribution in [0.4, 0.5) is 5.82 Å². The second kappa shape index (κ2) is 6.98. The van der Waals surface area contributed by atoms with E-state index in [1.165, 1.54) is 16.5 Å². The zero-order valence-electron chi connectivity index (χ0n) is 15.7. The Morgan fingerprint density at radius 3 is 2.56 bits per heavy atom. The normalized spacial score (nSPS) is 17.7. The number of benzene rings is 1. The summed E-state index contributed by atoms with van der Waals surface area (Å²) in [5.41, 5.74) is 6.26. The minimum Gasteiger partial charge on any atom is -0.353 e. The van der Waals surface area contributed by atoms with Gasteiger partial charge in [-0.15, -0.1) is 0 Å². The number of aromatic nitrogens is 1. The van der Waals surface area contributed by atoms with Gasteiger partial charge < -0.3 is 9.80 Å². The third-order valence-corrected chi connectivity index (χ3v) is 5.28. The highest BCUT2D eigenvalue weighted by molar-refractivity contribution is 6.39. The van der Waals surface area contributed by atoms with E-state index in [1.54, 1.807) is 0 Å². The van der Waals surface area contributed by atoms with E-state index in [0.717, 1.165) is 24.4 Å². The molecule has 1 aromatic carbocycles. The largest absolute Gasteiger partial charge is 0.353 e. The van der Waals surface area contributed by atoms with Crippen molar-refractivity contribution in [1.82, 2.24) is 15.3 Å². The molecule has 2 aromatic rings. The number of rotatable bonds is 2. The van der Waals surface area contributed by atoms with Crippen LogP contribution < -0.4 is 10.3 Å². The Morgan fingerprint density at radius 1 is 1.07 bits per heavy atom. The molecule has 2 aliphatic heterocycles. The summed E-state index contributed by atoms with van der Waals surface area (Å²) < 4.78 is 0. The number of hydrazone groups is 1. The topological polar surface area (TPSA) is 77.9 Å². The number of nitrogens with one attached hydrogen (secondary N) is 1. The van der Waals surface area contributed by atoms with Gasteiger partial charge in [-0.1, -0.05) is 18.2 Å². The van der Waals surface area contributed by atoms with Crippen LogP contribution in [-0.4, -0.2) is 53.6 Å². The number of carbonyl (C=O) groups excluding carboxylic acids is 2. The molecule has 2 aliphatic rings. The van der Waals surface area contributed by atoms with Gasteiger partial charge in [0.05, 0.1) is 5.52 Å². The number of hydrogen-bond donors (Lipinski definition) is 1. The van der Waals surface area contributed by atoms with Crippen LogP contribution >= 0.6 is 0 Å². The van der Waals surface area contributed by atoms with E-state index < -0.39 is 0 Å². The quantitative estimate of drug-likeness (QED) is 0.880. The lowest BCUT2D eigenvalue weighted by Gasteiger charge is -2.36. The van der Waals surface area contributed by atoms with E-state index in [2.05, 4.69) is 53.5 Å². The highest BCUT2D eigenvalue weighted by Crippen LogP contribution is 2.25. The van der Waals surface area contributed by atoms with Crippen molar-refractivity contribution in [2.75, 3.05) is 31.1 Å². The van der Waals surface area contributed by atoms with Crippen molar-refractivity contribution in [3.05, 3.63) is 35.4 Å². The molecule has 140 valence electrons. The fraction of sp³-hybridized carbons (Fsp3) is 0.400. The zero-order chi connectivity index (χ0) is 19.0. The number of anilines is 1. The predicted molar refractivity (Wildman–Crippen MR) is 105 cm³/mol. The van der Waals surface area contributed by atoms with Crippen LogP contribution in [0.25, 0.3) is 10.9 Å². The SMILES string of the molecule is Cc1cc(N2CCN(C(=O)C3=NNC(=O)CC3)CC2)nc2c(C)cccc12. The Bertz CT molecular complexity index is 945. The van der Waals surface area contributed by atoms with Crippen molar-refractivity contribution in [2.24, 2.45) is 5.10 Å². The zero-order valence-corrected chi connectivity index (χ0v) is 15.7. The summed E-state index contributed by atoms with van der Waals surface area (Å²) in [4.78, 5) is 32.7. The third-order valence-electron chi connectivity index (χ3n) is 5.28. The molecule has 4 rings (SSSR count). The molecule has 1 saturated heterocycles. The molecule has 1 fully saturated rings. The van der Waals surface area contributed by atoms with E-state index >= 15 is 0 Å². The Kier molecular flexibility index (Phi) is 4.51. The number of amides is 2. The minimum absolute atomic E-state index is 0.0758. The molecule has 0 bridgehead atoms. The Morgan fingerprint density at radius 2 is 1.85 bits per heavy atom. The lowest BCUT2D eigenvalue weighted by atomic mass is 10.1. The molecule has 27 heavy (non-hydrogen) atoms. The number of piperazine rings is 1. The average molecular weight is 365 g/mol. The summed E-state index contributed by atoms with van der Waals surface area (Å²) in [7, 11) is 0. The molecule has 7 nitrogen and oxygen atoms in total. The molecule has 0 unspecified atom stereocenters. The van der Waals surface area contributed by atoms with Crippen LogP contribution in [0.5, 0.6) is 0 Å². The smallest absolute Gasteiger partial charge is 0.270 e. The Labute approximate surface area is 158 Å². The summed E-state index contributed by atoms with van der Waals surface area (Å²) in [5.74, 6) is 0.751. The second-order valence-electron chi connectivity index (χ2n) is 7.14. The van der Waals surface area contributed by atoms with E-state index in [-0.39, 0.29) is 11.8 Å². The molecular formula is C20H23N5O2. The van der Waals surface area contributed by atoms with E-state index in [4.69, 9.17) is 4.98 Å². The van der Waals surface area contributed by atoms with Gasteiger partial charge in [-0.05, 0) is 31.0 Å². The molecule has 1 N–H and O–H groups in total. The molecular weight excluding hydrogens is 342 g/mol. The van der Waals surface area contributed by atoms with E-state index in [0.29, 0.717) is 31.6 Å². The van der Waals surface area contributed by atoms with Gasteiger partial charge in [0.15, 0.2) is 0 Å². The molecule has 1 aromatic heterocycles. The van der Waals surface area contributed by atoms with E-state index in [1.807, 2.05) is 4.90 Å². The van der Waals surface area contributed by atoms with Crippen molar-refractivity contribution < 1.29 is 9.59 Å². The maximum absolute atomic E-state index is 12.6. The van der Waals surface area contributed by atoms with Gasteiger partial charge in [-0.3, -0.25) is 9.59 Å². The van der Waals surface area contributed by atoms with Gasteiger partial charge in [0, 0.05) is 44.4 Å². The molecule has 0 atom stereocenters. The highest BCUT2D eigenvalue weighted by Gasteiger charge is 2.27. The first-order valence-electron chi connectivity index (χ1n) is 9.29. The summed E-state index contributed by atoms with van der Waals surface area (Å²) in [6.07, 6.45) is 0.736. The molecule has 0 saturated carbocycles. The van der Waals surface area contributed by atoms with Crippen LogP contribution in [0.3, 0.4) is 0 Å². The van der Waals surface area contributed by atoms with Crippen molar-refractivity contribution >= 4 is 34.2 Å². The lowest BCUT2D eigenvalue weighted by molar-refractivity contribution is -0.124. The average Bonchev–Trinajstić information content (AvgIpc) is 2.69. The number of fused-ring (bicyclic) bond motifs is 1. The third kappa shape index (κ3) is 3.37. The molecule has 3 heterocycles. The Balaban J connectivity index is 1.48. The van der Waals surface area contributed by atoms with Gasteiger partial charge >= 0.3 is 0 Å². The monoisotopic (exact) mass is 365 g/mol. The first-order valence-corrected chi connectivity index (χ1v) is 9.29. The number of hydrogen-bond acceptors (Lipinski definition) is 5. The summed E-state index contributed by atoms with van der Waals surface area (Å²) in [6, 6.07) is 8.38. The van der Waals surface area contributed by atoms with Crippen LogP contribution in [0.2, 0.25) is 0 Å². The van der Waals surface area contributed by atoms with Gasteiger partial charge in [0.2, 0.25) is 5.91 Å². The van der Waals surface area contributed by atoms with Crippen molar-refractivity contribution in [3.8, 4) is 0 Å². The van der Waals surface area contributed by atoms with E-state index in [9.17, 15) is 9.59 Å². The van der Waals surface area contributed by atoms with Crippen molar-refractivity contribution in [1.29, 1.82) is 0 Å². The number of para-hydroxylation sites is 1. The molecule has 0 aliphatic carbocycles. The summed E-state index contributed by atoms with van der Waals surface area (Å²) in [6.45, 7) is 6.90. The molecule has 0 spiro atoms. The summed E-state index contributed by atoms with van der Waals surface area (Å²) in [5, 5.41) is 5.10. The fourth-order valence-corrected chi connectivity index (χ4v) is 3.66. The number of nitrogens with zero attached hydrogens (tertiary/aromatic N) is 4. The molecule has 2 amide bonds. The van der Waals surface area contributed by atoms with Gasteiger partial charge in [-0.25, -0.2) is 10.4 Å². The number of pyridine rings is 1. The lowest BCUT2D eigenvalue weighted by Crippen LogP contribution is -2.51.